The minimum absolute atomic E-state index is 0.0556. The van der Waals surface area contributed by atoms with Crippen molar-refractivity contribution in [3.05, 3.63) is 65.2 Å². The van der Waals surface area contributed by atoms with E-state index in [4.69, 9.17) is 10.00 Å². The molecule has 0 aromatic heterocycles. The number of amides is 2. The van der Waals surface area contributed by atoms with Crippen LogP contribution in [0.1, 0.15) is 48.2 Å². The second kappa shape index (κ2) is 7.30. The van der Waals surface area contributed by atoms with E-state index in [1.807, 2.05) is 13.8 Å². The van der Waals surface area contributed by atoms with Crippen LogP contribution in [0.2, 0.25) is 0 Å². The number of fused-ring (bicyclic) bond motifs is 3. The lowest BCUT2D eigenvalue weighted by Gasteiger charge is -2.50. The molecule has 2 heterocycles. The molecule has 2 aliphatic heterocycles. The number of nitrogens with zero attached hydrogens (tertiary/aromatic N) is 3. The van der Waals surface area contributed by atoms with E-state index in [0.717, 1.165) is 0 Å². The molecule has 1 fully saturated rings. The van der Waals surface area contributed by atoms with Crippen molar-refractivity contribution in [1.29, 1.82) is 5.26 Å². The second-order valence-corrected chi connectivity index (χ2v) is 7.72. The molecule has 4 rings (SSSR count). The summed E-state index contributed by atoms with van der Waals surface area (Å²) in [5, 5.41) is 9.07. The van der Waals surface area contributed by atoms with Gasteiger partial charge in [0.25, 0.3) is 5.91 Å². The van der Waals surface area contributed by atoms with Crippen molar-refractivity contribution in [3.63, 3.8) is 0 Å². The molecule has 30 heavy (non-hydrogen) atoms. The lowest BCUT2D eigenvalue weighted by Crippen LogP contribution is -2.70. The van der Waals surface area contributed by atoms with Crippen molar-refractivity contribution in [2.24, 2.45) is 0 Å². The van der Waals surface area contributed by atoms with Gasteiger partial charge in [0, 0.05) is 18.9 Å². The van der Waals surface area contributed by atoms with Gasteiger partial charge in [-0.2, -0.15) is 5.26 Å². The highest BCUT2D eigenvalue weighted by molar-refractivity contribution is 6.15. The molecule has 1 atom stereocenters. The Morgan fingerprint density at radius 1 is 1.20 bits per heavy atom. The number of carbonyl (C=O) groups excluding carboxylic acids is 3. The fraction of sp³-hybridized carbons (Fsp3) is 0.304. The fourth-order valence-electron chi connectivity index (χ4n) is 4.37. The molecular formula is C23H21N3O4. The molecule has 7 nitrogen and oxygen atoms in total. The first kappa shape index (κ1) is 19.6. The molecule has 1 saturated heterocycles. The van der Waals surface area contributed by atoms with Crippen LogP contribution in [0.5, 0.6) is 0 Å². The first-order chi connectivity index (χ1) is 14.4. The number of esters is 1. The van der Waals surface area contributed by atoms with E-state index in [1.54, 1.807) is 48.5 Å². The zero-order valence-electron chi connectivity index (χ0n) is 16.8. The van der Waals surface area contributed by atoms with Crippen LogP contribution in [0.25, 0.3) is 0 Å². The predicted molar refractivity (Wildman–Crippen MR) is 108 cm³/mol. The van der Waals surface area contributed by atoms with Gasteiger partial charge in [0.1, 0.15) is 6.61 Å². The van der Waals surface area contributed by atoms with Crippen LogP contribution in [0.15, 0.2) is 48.5 Å². The van der Waals surface area contributed by atoms with Crippen LogP contribution in [0.3, 0.4) is 0 Å². The van der Waals surface area contributed by atoms with Gasteiger partial charge < -0.3 is 9.64 Å². The monoisotopic (exact) mass is 403 g/mol. The highest BCUT2D eigenvalue weighted by atomic mass is 16.5. The van der Waals surface area contributed by atoms with Crippen LogP contribution in [-0.2, 0) is 20.9 Å². The minimum Gasteiger partial charge on any atom is -0.458 e. The Kier molecular flexibility index (Phi) is 4.78. The zero-order valence-corrected chi connectivity index (χ0v) is 16.8. The Bertz CT molecular complexity index is 1090. The predicted octanol–water partition coefficient (Wildman–Crippen LogP) is 2.99. The molecule has 2 aromatic rings. The summed E-state index contributed by atoms with van der Waals surface area (Å²) in [5.41, 5.74) is 0.443. The zero-order chi connectivity index (χ0) is 21.5. The van der Waals surface area contributed by atoms with Crippen molar-refractivity contribution in [2.45, 2.75) is 45.0 Å². The molecule has 0 radical (unpaired) electrons. The normalized spacial score (nSPS) is 20.1. The first-order valence-corrected chi connectivity index (χ1v) is 9.82. The van der Waals surface area contributed by atoms with Crippen LogP contribution in [0.4, 0.5) is 5.69 Å². The summed E-state index contributed by atoms with van der Waals surface area (Å²) in [4.78, 5) is 42.5. The Morgan fingerprint density at radius 3 is 2.70 bits per heavy atom. The van der Waals surface area contributed by atoms with Gasteiger partial charge in [-0.15, -0.1) is 0 Å². The maximum absolute atomic E-state index is 13.5. The van der Waals surface area contributed by atoms with Crippen LogP contribution in [-0.4, -0.2) is 34.4 Å². The summed E-state index contributed by atoms with van der Waals surface area (Å²) in [6.07, 6.45) is 0.311. The summed E-state index contributed by atoms with van der Waals surface area (Å²) in [6.45, 7) is 3.58. The second-order valence-electron chi connectivity index (χ2n) is 7.72. The van der Waals surface area contributed by atoms with Gasteiger partial charge in [0.2, 0.25) is 11.6 Å². The topological polar surface area (TPSA) is 90.7 Å². The highest BCUT2D eigenvalue weighted by Crippen LogP contribution is 2.46. The van der Waals surface area contributed by atoms with E-state index in [2.05, 4.69) is 6.07 Å². The molecule has 0 aliphatic carbocycles. The summed E-state index contributed by atoms with van der Waals surface area (Å²) in [7, 11) is 0. The van der Waals surface area contributed by atoms with Crippen molar-refractivity contribution in [1.82, 2.24) is 4.90 Å². The molecule has 2 amide bonds. The Balaban J connectivity index is 1.74. The first-order valence-electron chi connectivity index (χ1n) is 9.82. The standard InChI is InChI=1S/C23H21N3O4/c1-15(2)25-21(28)18-8-3-4-9-19(18)26-20(27)10-11-23(25,26)22(29)30-14-17-7-5-6-16(12-17)13-24/h3-9,12,15H,10-11,14H2,1-2H3/t23-/m0/s1. The van der Waals surface area contributed by atoms with Gasteiger partial charge in [-0.3, -0.25) is 14.5 Å². The maximum atomic E-state index is 13.5. The summed E-state index contributed by atoms with van der Waals surface area (Å²) < 4.78 is 5.63. The van der Waals surface area contributed by atoms with E-state index in [0.29, 0.717) is 22.4 Å². The quantitative estimate of drug-likeness (QED) is 0.732. The van der Waals surface area contributed by atoms with Crippen molar-refractivity contribution in [3.8, 4) is 6.07 Å². The lowest BCUT2D eigenvalue weighted by molar-refractivity contribution is -0.159. The summed E-state index contributed by atoms with van der Waals surface area (Å²) in [5.74, 6) is -1.16. The van der Waals surface area contributed by atoms with Gasteiger partial charge in [-0.25, -0.2) is 4.79 Å². The Hall–Kier alpha value is -3.66. The van der Waals surface area contributed by atoms with Crippen LogP contribution >= 0.6 is 0 Å². The molecule has 2 aliphatic rings. The average Bonchev–Trinajstić information content (AvgIpc) is 3.10. The van der Waals surface area contributed by atoms with Crippen molar-refractivity contribution < 1.29 is 19.1 Å². The highest BCUT2D eigenvalue weighted by Gasteiger charge is 2.62. The van der Waals surface area contributed by atoms with Crippen LogP contribution in [0, 0.1) is 11.3 Å². The molecule has 2 aromatic carbocycles. The molecule has 0 saturated carbocycles. The summed E-state index contributed by atoms with van der Waals surface area (Å²) >= 11 is 0. The van der Waals surface area contributed by atoms with Gasteiger partial charge in [-0.05, 0) is 43.7 Å². The number of anilines is 1. The third-order valence-electron chi connectivity index (χ3n) is 5.57. The van der Waals surface area contributed by atoms with E-state index >= 15 is 0 Å². The number of hydrogen-bond acceptors (Lipinski definition) is 5. The number of benzene rings is 2. The number of nitriles is 1. The van der Waals surface area contributed by atoms with Gasteiger partial charge in [0.05, 0.1) is 22.9 Å². The third-order valence-corrected chi connectivity index (χ3v) is 5.57. The van der Waals surface area contributed by atoms with Crippen LogP contribution < -0.4 is 4.90 Å². The third kappa shape index (κ3) is 2.84. The SMILES string of the molecule is CC(C)N1C(=O)c2ccccc2N2C(=O)CC[C@@]21C(=O)OCc1cccc(C#N)c1. The minimum atomic E-state index is -1.51. The molecule has 0 unspecified atom stereocenters. The van der Waals surface area contributed by atoms with Crippen molar-refractivity contribution >= 4 is 23.5 Å². The van der Waals surface area contributed by atoms with E-state index < -0.39 is 11.6 Å². The molecule has 0 bridgehead atoms. The fourth-order valence-corrected chi connectivity index (χ4v) is 4.37. The summed E-state index contributed by atoms with van der Waals surface area (Å²) in [6, 6.07) is 15.3. The number of hydrogen-bond donors (Lipinski definition) is 0. The van der Waals surface area contributed by atoms with E-state index in [9.17, 15) is 14.4 Å². The molecule has 0 spiro atoms. The van der Waals surface area contributed by atoms with Gasteiger partial charge >= 0.3 is 5.97 Å². The largest absolute Gasteiger partial charge is 0.458 e. The molecule has 0 N–H and O–H groups in total. The van der Waals surface area contributed by atoms with Gasteiger partial charge in [-0.1, -0.05) is 24.3 Å². The van der Waals surface area contributed by atoms with E-state index in [1.165, 1.54) is 9.80 Å². The number of para-hydroxylation sites is 1. The lowest BCUT2D eigenvalue weighted by atomic mass is 9.95. The Morgan fingerprint density at radius 2 is 1.97 bits per heavy atom. The van der Waals surface area contributed by atoms with E-state index in [-0.39, 0.29) is 37.3 Å². The maximum Gasteiger partial charge on any atom is 0.354 e. The Labute approximate surface area is 174 Å². The van der Waals surface area contributed by atoms with Crippen molar-refractivity contribution in [2.75, 3.05) is 4.90 Å². The average molecular weight is 403 g/mol. The van der Waals surface area contributed by atoms with Gasteiger partial charge in [0.15, 0.2) is 0 Å². The molecule has 152 valence electrons. The number of ether oxygens (including phenoxy) is 1. The molecule has 7 heteroatoms. The smallest absolute Gasteiger partial charge is 0.354 e. The molecular weight excluding hydrogens is 382 g/mol. The number of rotatable bonds is 4. The number of carbonyl (C=O) groups is 3.